The van der Waals surface area contributed by atoms with Gasteiger partial charge in [-0.3, -0.25) is 4.68 Å². The van der Waals surface area contributed by atoms with E-state index in [9.17, 15) is 0 Å². The van der Waals surface area contributed by atoms with Crippen molar-refractivity contribution in [2.45, 2.75) is 19.4 Å². The molecule has 0 saturated carbocycles. The van der Waals surface area contributed by atoms with Crippen molar-refractivity contribution in [3.05, 3.63) is 41.5 Å². The van der Waals surface area contributed by atoms with Crippen LogP contribution in [0.2, 0.25) is 0 Å². The van der Waals surface area contributed by atoms with E-state index in [4.69, 9.17) is 0 Å². The largest absolute Gasteiger partial charge is 0.313 e. The van der Waals surface area contributed by atoms with Crippen molar-refractivity contribution in [3.8, 4) is 0 Å². The molecule has 1 unspecified atom stereocenters. The van der Waals surface area contributed by atoms with Crippen LogP contribution in [0, 0.1) is 6.92 Å². The molecule has 0 aliphatic heterocycles. The highest BCUT2D eigenvalue weighted by molar-refractivity contribution is 5.17. The molecule has 2 heterocycles. The minimum atomic E-state index is 0.236. The molecule has 0 amide bonds. The summed E-state index contributed by atoms with van der Waals surface area (Å²) in [5.74, 6) is 0. The van der Waals surface area contributed by atoms with Crippen molar-refractivity contribution in [3.63, 3.8) is 0 Å². The molecule has 0 saturated heterocycles. The van der Waals surface area contributed by atoms with E-state index in [0.29, 0.717) is 0 Å². The van der Waals surface area contributed by atoms with E-state index in [0.717, 1.165) is 17.7 Å². The summed E-state index contributed by atoms with van der Waals surface area (Å²) in [6.45, 7) is 2.01. The van der Waals surface area contributed by atoms with Gasteiger partial charge in [-0.2, -0.15) is 15.3 Å². The molecule has 0 radical (unpaired) electrons. The fourth-order valence-electron chi connectivity index (χ4n) is 1.96. The molecule has 1 N–H and O–H groups in total. The lowest BCUT2D eigenvalue weighted by Crippen LogP contribution is -2.20. The number of nitrogens with one attached hydrogen (secondary N) is 1. The molecule has 0 aliphatic carbocycles. The van der Waals surface area contributed by atoms with Crippen molar-refractivity contribution < 1.29 is 0 Å². The highest BCUT2D eigenvalue weighted by Crippen LogP contribution is 2.16. The SMILES string of the molecule is CNC(Cc1cc(C)nn1C)c1ccnnc1. The second kappa shape index (κ2) is 5.05. The first-order chi connectivity index (χ1) is 8.20. The molecule has 0 spiro atoms. The number of hydrogen-bond acceptors (Lipinski definition) is 4. The smallest absolute Gasteiger partial charge is 0.0596 e. The lowest BCUT2D eigenvalue weighted by atomic mass is 10.0. The van der Waals surface area contributed by atoms with Gasteiger partial charge >= 0.3 is 0 Å². The monoisotopic (exact) mass is 231 g/mol. The predicted molar refractivity (Wildman–Crippen MR) is 65.5 cm³/mol. The van der Waals surface area contributed by atoms with Gasteiger partial charge in [-0.05, 0) is 31.7 Å². The first-order valence-electron chi connectivity index (χ1n) is 5.64. The summed E-state index contributed by atoms with van der Waals surface area (Å²) in [6, 6.07) is 4.33. The Bertz CT molecular complexity index is 477. The van der Waals surface area contributed by atoms with Gasteiger partial charge in [0.25, 0.3) is 0 Å². The molecule has 17 heavy (non-hydrogen) atoms. The Morgan fingerprint density at radius 1 is 1.41 bits per heavy atom. The summed E-state index contributed by atoms with van der Waals surface area (Å²) >= 11 is 0. The topological polar surface area (TPSA) is 55.6 Å². The Morgan fingerprint density at radius 3 is 2.76 bits per heavy atom. The Morgan fingerprint density at radius 2 is 2.24 bits per heavy atom. The van der Waals surface area contributed by atoms with Gasteiger partial charge in [0.05, 0.1) is 11.9 Å². The summed E-state index contributed by atoms with van der Waals surface area (Å²) in [5.41, 5.74) is 3.39. The number of likely N-dealkylation sites (N-methyl/N-ethyl adjacent to an activating group) is 1. The van der Waals surface area contributed by atoms with Crippen LogP contribution in [0.1, 0.15) is 23.0 Å². The van der Waals surface area contributed by atoms with Crippen molar-refractivity contribution in [1.82, 2.24) is 25.3 Å². The zero-order valence-electron chi connectivity index (χ0n) is 10.4. The van der Waals surface area contributed by atoms with Gasteiger partial charge in [0.15, 0.2) is 0 Å². The molecule has 5 heteroatoms. The van der Waals surface area contributed by atoms with Gasteiger partial charge in [-0.1, -0.05) is 0 Å². The Balaban J connectivity index is 2.18. The average molecular weight is 231 g/mol. The molecule has 0 aromatic carbocycles. The Labute approximate surface area is 101 Å². The maximum absolute atomic E-state index is 4.35. The van der Waals surface area contributed by atoms with Gasteiger partial charge in [0.1, 0.15) is 0 Å². The lowest BCUT2D eigenvalue weighted by molar-refractivity contribution is 0.558. The number of aromatic nitrogens is 4. The van der Waals surface area contributed by atoms with Gasteiger partial charge in [-0.15, -0.1) is 0 Å². The minimum absolute atomic E-state index is 0.236. The van der Waals surface area contributed by atoms with Crippen molar-refractivity contribution in [2.24, 2.45) is 7.05 Å². The number of hydrogen-bond donors (Lipinski definition) is 1. The normalized spacial score (nSPS) is 12.6. The molecule has 0 bridgehead atoms. The first-order valence-corrected chi connectivity index (χ1v) is 5.64. The Hall–Kier alpha value is -1.75. The third-order valence-electron chi connectivity index (χ3n) is 2.87. The zero-order chi connectivity index (χ0) is 12.3. The van der Waals surface area contributed by atoms with Crippen LogP contribution >= 0.6 is 0 Å². The van der Waals surface area contributed by atoms with Crippen LogP contribution in [-0.4, -0.2) is 27.0 Å². The standard InChI is InChI=1S/C12H17N5/c1-9-6-11(17(3)16-9)7-12(13-2)10-4-5-14-15-8-10/h4-6,8,12-13H,7H2,1-3H3. The van der Waals surface area contributed by atoms with Crippen molar-refractivity contribution >= 4 is 0 Å². The molecule has 5 nitrogen and oxygen atoms in total. The molecule has 2 aromatic heterocycles. The van der Waals surface area contributed by atoms with E-state index in [1.807, 2.05) is 31.8 Å². The predicted octanol–water partition coefficient (Wildman–Crippen LogP) is 1.02. The molecular weight excluding hydrogens is 214 g/mol. The first kappa shape index (κ1) is 11.7. The summed E-state index contributed by atoms with van der Waals surface area (Å²) < 4.78 is 1.92. The van der Waals surface area contributed by atoms with Crippen molar-refractivity contribution in [1.29, 1.82) is 0 Å². The summed E-state index contributed by atoms with van der Waals surface area (Å²) in [7, 11) is 3.92. The van der Waals surface area contributed by atoms with Gasteiger partial charge in [-0.25, -0.2) is 0 Å². The van der Waals surface area contributed by atoms with Crippen LogP contribution in [0.25, 0.3) is 0 Å². The average Bonchev–Trinajstić information content (AvgIpc) is 2.66. The highest BCUT2D eigenvalue weighted by atomic mass is 15.3. The van der Waals surface area contributed by atoms with E-state index in [1.165, 1.54) is 5.69 Å². The van der Waals surface area contributed by atoms with Crippen molar-refractivity contribution in [2.75, 3.05) is 7.05 Å². The van der Waals surface area contributed by atoms with Crippen LogP contribution < -0.4 is 5.32 Å². The number of nitrogens with zero attached hydrogens (tertiary/aromatic N) is 4. The molecule has 90 valence electrons. The summed E-state index contributed by atoms with van der Waals surface area (Å²) in [4.78, 5) is 0. The minimum Gasteiger partial charge on any atom is -0.313 e. The second-order valence-electron chi connectivity index (χ2n) is 4.12. The Kier molecular flexibility index (Phi) is 3.49. The third kappa shape index (κ3) is 2.68. The maximum atomic E-state index is 4.35. The van der Waals surface area contributed by atoms with Crippen LogP contribution in [0.15, 0.2) is 24.5 Å². The lowest BCUT2D eigenvalue weighted by Gasteiger charge is -2.15. The second-order valence-corrected chi connectivity index (χ2v) is 4.12. The molecule has 2 rings (SSSR count). The van der Waals surface area contributed by atoms with Gasteiger partial charge < -0.3 is 5.32 Å². The fourth-order valence-corrected chi connectivity index (χ4v) is 1.96. The fraction of sp³-hybridized carbons (Fsp3) is 0.417. The van der Waals surface area contributed by atoms with Crippen LogP contribution in [0.5, 0.6) is 0 Å². The molecular formula is C12H17N5. The van der Waals surface area contributed by atoms with E-state index >= 15 is 0 Å². The van der Waals surface area contributed by atoms with E-state index in [2.05, 4.69) is 26.7 Å². The number of aryl methyl sites for hydroxylation is 2. The van der Waals surface area contributed by atoms with E-state index in [-0.39, 0.29) is 6.04 Å². The number of rotatable bonds is 4. The summed E-state index contributed by atoms with van der Waals surface area (Å²) in [5, 5.41) is 15.4. The molecule has 0 aliphatic rings. The highest BCUT2D eigenvalue weighted by Gasteiger charge is 2.13. The molecule has 1 atom stereocenters. The summed E-state index contributed by atoms with van der Waals surface area (Å²) in [6.07, 6.45) is 4.40. The van der Waals surface area contributed by atoms with Crippen LogP contribution in [-0.2, 0) is 13.5 Å². The molecule has 2 aromatic rings. The van der Waals surface area contributed by atoms with Gasteiger partial charge in [0.2, 0.25) is 0 Å². The van der Waals surface area contributed by atoms with Gasteiger partial charge in [0, 0.05) is 31.4 Å². The zero-order valence-corrected chi connectivity index (χ0v) is 10.4. The van der Waals surface area contributed by atoms with E-state index in [1.54, 1.807) is 12.4 Å². The maximum Gasteiger partial charge on any atom is 0.0596 e. The quantitative estimate of drug-likeness (QED) is 0.853. The van der Waals surface area contributed by atoms with Crippen LogP contribution in [0.4, 0.5) is 0 Å². The van der Waals surface area contributed by atoms with Crippen LogP contribution in [0.3, 0.4) is 0 Å². The molecule has 0 fully saturated rings. The van der Waals surface area contributed by atoms with E-state index < -0.39 is 0 Å². The third-order valence-corrected chi connectivity index (χ3v) is 2.87.